The van der Waals surface area contributed by atoms with E-state index in [1.54, 1.807) is 0 Å². The molecule has 3 rings (SSSR count). The van der Waals surface area contributed by atoms with Crippen molar-refractivity contribution in [2.24, 2.45) is 5.92 Å². The lowest BCUT2D eigenvalue weighted by Gasteiger charge is -2.41. The Morgan fingerprint density at radius 2 is 1.83 bits per heavy atom. The van der Waals surface area contributed by atoms with Crippen molar-refractivity contribution in [2.45, 2.75) is 25.1 Å². The van der Waals surface area contributed by atoms with E-state index < -0.39 is 11.7 Å². The van der Waals surface area contributed by atoms with Crippen LogP contribution in [0.3, 0.4) is 0 Å². The number of nitrogens with one attached hydrogen (secondary N) is 1. The fourth-order valence-electron chi connectivity index (χ4n) is 3.71. The van der Waals surface area contributed by atoms with E-state index >= 15 is 0 Å². The molecule has 0 saturated carbocycles. The number of ether oxygens (including phenoxy) is 1. The van der Waals surface area contributed by atoms with Crippen molar-refractivity contribution < 1.29 is 23.0 Å². The SMILES string of the molecule is Oc1ccc(C(F)(F)F)cc1[C@H](C1CCOCC1)N1CCNCC1. The first kappa shape index (κ1) is 17.5. The molecule has 0 aliphatic carbocycles. The fraction of sp³-hybridized carbons (Fsp3) is 0.647. The zero-order valence-corrected chi connectivity index (χ0v) is 13.5. The van der Waals surface area contributed by atoms with Gasteiger partial charge in [0.05, 0.1) is 5.56 Å². The maximum atomic E-state index is 13.1. The molecule has 0 unspecified atom stereocenters. The minimum absolute atomic E-state index is 0.0574. The topological polar surface area (TPSA) is 44.7 Å². The van der Waals surface area contributed by atoms with Crippen LogP contribution in [0.1, 0.15) is 30.0 Å². The lowest BCUT2D eigenvalue weighted by atomic mass is 9.84. The second kappa shape index (κ2) is 7.29. The van der Waals surface area contributed by atoms with Crippen LogP contribution in [0.2, 0.25) is 0 Å². The van der Waals surface area contributed by atoms with Crippen molar-refractivity contribution >= 4 is 0 Å². The number of piperazine rings is 1. The Labute approximate surface area is 139 Å². The third kappa shape index (κ3) is 3.84. The summed E-state index contributed by atoms with van der Waals surface area (Å²) in [7, 11) is 0. The summed E-state index contributed by atoms with van der Waals surface area (Å²) in [5.74, 6) is 0.129. The first-order valence-electron chi connectivity index (χ1n) is 8.39. The van der Waals surface area contributed by atoms with E-state index in [2.05, 4.69) is 10.2 Å². The standard InChI is InChI=1S/C17H23F3N2O2/c18-17(19,20)13-1-2-15(23)14(11-13)16(12-3-9-24-10-4-12)22-7-5-21-6-8-22/h1-2,11-12,16,21,23H,3-10H2/t16-/m0/s1. The molecule has 2 saturated heterocycles. The van der Waals surface area contributed by atoms with E-state index in [0.717, 1.165) is 51.2 Å². The molecule has 2 N–H and O–H groups in total. The molecule has 0 amide bonds. The van der Waals surface area contributed by atoms with Crippen molar-refractivity contribution in [2.75, 3.05) is 39.4 Å². The summed E-state index contributed by atoms with van der Waals surface area (Å²) in [6.45, 7) is 4.37. The largest absolute Gasteiger partial charge is 0.508 e. The summed E-state index contributed by atoms with van der Waals surface area (Å²) < 4.78 is 44.8. The molecule has 2 aliphatic rings. The molecule has 2 fully saturated rings. The quantitative estimate of drug-likeness (QED) is 0.885. The van der Waals surface area contributed by atoms with Crippen molar-refractivity contribution in [1.29, 1.82) is 0 Å². The van der Waals surface area contributed by atoms with Crippen LogP contribution in [0.5, 0.6) is 5.75 Å². The minimum atomic E-state index is -4.41. The summed E-state index contributed by atoms with van der Waals surface area (Å²) in [4.78, 5) is 2.20. The molecule has 1 aromatic carbocycles. The predicted octanol–water partition coefficient (Wildman–Crippen LogP) is 2.78. The number of phenols is 1. The van der Waals surface area contributed by atoms with Crippen molar-refractivity contribution in [3.05, 3.63) is 29.3 Å². The van der Waals surface area contributed by atoms with Gasteiger partial charge in [0.25, 0.3) is 0 Å². The lowest BCUT2D eigenvalue weighted by molar-refractivity contribution is -0.137. The number of alkyl halides is 3. The van der Waals surface area contributed by atoms with E-state index in [0.29, 0.717) is 18.8 Å². The van der Waals surface area contributed by atoms with Crippen LogP contribution in [0.4, 0.5) is 13.2 Å². The highest BCUT2D eigenvalue weighted by atomic mass is 19.4. The van der Waals surface area contributed by atoms with Gasteiger partial charge in [0.2, 0.25) is 0 Å². The second-order valence-corrected chi connectivity index (χ2v) is 6.45. The van der Waals surface area contributed by atoms with Crippen LogP contribution in [-0.2, 0) is 10.9 Å². The Bertz CT molecular complexity index is 535. The molecule has 1 aromatic rings. The average molecular weight is 344 g/mol. The monoisotopic (exact) mass is 344 g/mol. The van der Waals surface area contributed by atoms with Crippen molar-refractivity contribution in [3.63, 3.8) is 0 Å². The number of aromatic hydroxyl groups is 1. The molecule has 0 radical (unpaired) electrons. The summed E-state index contributed by atoms with van der Waals surface area (Å²) in [6, 6.07) is 3.03. The van der Waals surface area contributed by atoms with E-state index in [9.17, 15) is 18.3 Å². The molecule has 134 valence electrons. The van der Waals surface area contributed by atoms with Crippen molar-refractivity contribution in [3.8, 4) is 5.75 Å². The van der Waals surface area contributed by atoms with E-state index in [1.165, 1.54) is 6.07 Å². The molecule has 24 heavy (non-hydrogen) atoms. The Hall–Kier alpha value is -1.31. The van der Waals surface area contributed by atoms with Gasteiger partial charge in [-0.05, 0) is 37.0 Å². The van der Waals surface area contributed by atoms with Gasteiger partial charge >= 0.3 is 6.18 Å². The molecule has 0 bridgehead atoms. The first-order valence-corrected chi connectivity index (χ1v) is 8.39. The third-order valence-electron chi connectivity index (χ3n) is 4.93. The summed E-state index contributed by atoms with van der Waals surface area (Å²) in [6.07, 6.45) is -2.82. The van der Waals surface area contributed by atoms with Gasteiger partial charge in [-0.25, -0.2) is 0 Å². The maximum absolute atomic E-state index is 13.1. The number of halogens is 3. The second-order valence-electron chi connectivity index (χ2n) is 6.45. The van der Waals surface area contributed by atoms with Gasteiger partial charge in [-0.3, -0.25) is 4.90 Å². The smallest absolute Gasteiger partial charge is 0.416 e. The summed E-state index contributed by atoms with van der Waals surface area (Å²) in [5.41, 5.74) is -0.318. The van der Waals surface area contributed by atoms with Gasteiger partial charge in [0, 0.05) is 51.0 Å². The lowest BCUT2D eigenvalue weighted by Crippen LogP contribution is -2.47. The van der Waals surface area contributed by atoms with Gasteiger partial charge < -0.3 is 15.2 Å². The molecule has 4 nitrogen and oxygen atoms in total. The molecule has 1 atom stereocenters. The van der Waals surface area contributed by atoms with Crippen LogP contribution in [0.15, 0.2) is 18.2 Å². The van der Waals surface area contributed by atoms with E-state index in [-0.39, 0.29) is 17.7 Å². The molecule has 2 aliphatic heterocycles. The summed E-state index contributed by atoms with van der Waals surface area (Å²) >= 11 is 0. The Kier molecular flexibility index (Phi) is 5.32. The zero-order chi connectivity index (χ0) is 17.2. The van der Waals surface area contributed by atoms with E-state index in [4.69, 9.17) is 4.74 Å². The molecule has 2 heterocycles. The molecular formula is C17H23F3N2O2. The van der Waals surface area contributed by atoms with Crippen LogP contribution in [0.25, 0.3) is 0 Å². The number of rotatable bonds is 3. The van der Waals surface area contributed by atoms with Crippen LogP contribution < -0.4 is 5.32 Å². The van der Waals surface area contributed by atoms with E-state index in [1.807, 2.05) is 0 Å². The molecule has 7 heteroatoms. The highest BCUT2D eigenvalue weighted by Gasteiger charge is 2.36. The highest BCUT2D eigenvalue weighted by Crippen LogP contribution is 2.41. The molecular weight excluding hydrogens is 321 g/mol. The molecule has 0 spiro atoms. The van der Waals surface area contributed by atoms with Gasteiger partial charge in [-0.1, -0.05) is 0 Å². The fourth-order valence-corrected chi connectivity index (χ4v) is 3.71. The third-order valence-corrected chi connectivity index (χ3v) is 4.93. The van der Waals surface area contributed by atoms with Crippen LogP contribution in [-0.4, -0.2) is 49.4 Å². The minimum Gasteiger partial charge on any atom is -0.508 e. The maximum Gasteiger partial charge on any atom is 0.416 e. The molecule has 0 aromatic heterocycles. The number of nitrogens with zero attached hydrogens (tertiary/aromatic N) is 1. The van der Waals surface area contributed by atoms with Gasteiger partial charge in [-0.2, -0.15) is 13.2 Å². The van der Waals surface area contributed by atoms with Gasteiger partial charge in [0.1, 0.15) is 5.75 Å². The van der Waals surface area contributed by atoms with Gasteiger partial charge in [0.15, 0.2) is 0 Å². The Morgan fingerprint density at radius 3 is 2.46 bits per heavy atom. The normalized spacial score (nSPS) is 22.5. The van der Waals surface area contributed by atoms with Crippen LogP contribution >= 0.6 is 0 Å². The Balaban J connectivity index is 1.97. The Morgan fingerprint density at radius 1 is 1.17 bits per heavy atom. The summed E-state index contributed by atoms with van der Waals surface area (Å²) in [5, 5.41) is 13.6. The predicted molar refractivity (Wildman–Crippen MR) is 83.8 cm³/mol. The highest BCUT2D eigenvalue weighted by molar-refractivity contribution is 5.40. The number of benzene rings is 1. The zero-order valence-electron chi connectivity index (χ0n) is 13.5. The van der Waals surface area contributed by atoms with Crippen LogP contribution in [0, 0.1) is 5.92 Å². The number of hydrogen-bond donors (Lipinski definition) is 2. The number of phenolic OH excluding ortho intramolecular Hbond substituents is 1. The van der Waals surface area contributed by atoms with Crippen molar-refractivity contribution in [1.82, 2.24) is 10.2 Å². The average Bonchev–Trinajstić information content (AvgIpc) is 2.58. The number of hydrogen-bond acceptors (Lipinski definition) is 4. The van der Waals surface area contributed by atoms with Gasteiger partial charge in [-0.15, -0.1) is 0 Å². The first-order chi connectivity index (χ1) is 11.5.